The molecule has 8 aromatic carbocycles. The van der Waals surface area contributed by atoms with Crippen molar-refractivity contribution in [1.82, 2.24) is 9.55 Å². The van der Waals surface area contributed by atoms with Crippen LogP contribution in [0.15, 0.2) is 152 Å². The smallest absolute Gasteiger partial charge is 0.150 e. The van der Waals surface area contributed by atoms with Gasteiger partial charge in [-0.25, -0.2) is 4.98 Å². The number of fused-ring (bicyclic) bond motifs is 7. The summed E-state index contributed by atoms with van der Waals surface area (Å²) in [6, 6.07) is 54.6. The van der Waals surface area contributed by atoms with Gasteiger partial charge in [-0.2, -0.15) is 0 Å². The molecule has 0 bridgehead atoms. The van der Waals surface area contributed by atoms with Gasteiger partial charge in [-0.1, -0.05) is 138 Å². The number of rotatable bonds is 7. The van der Waals surface area contributed by atoms with Gasteiger partial charge in [0.15, 0.2) is 7.85 Å². The van der Waals surface area contributed by atoms with E-state index in [0.29, 0.717) is 5.82 Å². The van der Waals surface area contributed by atoms with Crippen LogP contribution in [0.4, 0.5) is 0 Å². The molecule has 61 heavy (non-hydrogen) atoms. The molecule has 0 aliphatic heterocycles. The molecule has 13 heteroatoms. The van der Waals surface area contributed by atoms with Gasteiger partial charge < -0.3 is 10.2 Å². The average molecular weight is 779 g/mol. The quantitative estimate of drug-likeness (QED) is 0.192. The zero-order chi connectivity index (χ0) is 42.9. The van der Waals surface area contributed by atoms with E-state index in [1.165, 1.54) is 54.9 Å². The second-order valence-electron chi connectivity index (χ2n) is 20.0. The van der Waals surface area contributed by atoms with Crippen LogP contribution in [-0.2, 0) is 10.9 Å². The van der Waals surface area contributed by atoms with Gasteiger partial charge in [-0.3, -0.25) is 4.57 Å². The minimum absolute atomic E-state index is 0.307. The molecule has 0 amide bonds. The Bertz CT molecular complexity index is 3200. The molecule has 0 fully saturated rings. The predicted octanol–water partition coefficient (Wildman–Crippen LogP) is 1.72. The molecule has 0 spiro atoms. The highest BCUT2D eigenvalue weighted by Crippen LogP contribution is 2.61. The molecule has 1 aliphatic rings. The zero-order valence-electron chi connectivity index (χ0n) is 36.7. The highest BCUT2D eigenvalue weighted by molar-refractivity contribution is 6.62. The van der Waals surface area contributed by atoms with Crippen LogP contribution in [0.2, 0.25) is 10.2 Å². The molecule has 0 saturated carbocycles. The number of hydrogen-bond donors (Lipinski definition) is 2. The van der Waals surface area contributed by atoms with Gasteiger partial charge >= 0.3 is 0 Å². The van der Waals surface area contributed by atoms with Crippen LogP contribution in [0.5, 0.6) is 0 Å². The second kappa shape index (κ2) is 13.5. The number of aliphatic hydroxyl groups is 2. The van der Waals surface area contributed by atoms with E-state index in [9.17, 15) is 10.2 Å². The summed E-state index contributed by atoms with van der Waals surface area (Å²) in [5.41, 5.74) is 10.3. The van der Waals surface area contributed by atoms with Crippen molar-refractivity contribution in [2.75, 3.05) is 0 Å². The molecule has 0 saturated heterocycles. The number of nitrogens with zero attached hydrogens (tertiary/aromatic N) is 2. The number of benzene rings is 8. The molecule has 2 atom stereocenters. The van der Waals surface area contributed by atoms with Gasteiger partial charge in [0.25, 0.3) is 0 Å². The molecule has 286 valence electrons. The maximum atomic E-state index is 12.4. The van der Waals surface area contributed by atoms with Gasteiger partial charge in [-0.15, -0.1) is 0 Å². The lowest BCUT2D eigenvalue weighted by Crippen LogP contribution is -2.60. The summed E-state index contributed by atoms with van der Waals surface area (Å²) in [7, 11) is 18.8. The average Bonchev–Trinajstić information content (AvgIpc) is 3.77. The summed E-state index contributed by atoms with van der Waals surface area (Å²) >= 11 is 0. The van der Waals surface area contributed by atoms with Gasteiger partial charge in [0, 0.05) is 16.2 Å². The molecule has 2 unspecified atom stereocenters. The SMILES string of the molecule is BC(B)(B)C(B)(O)c1nc2ccccc2n1-c1ccc(-c2c3ccccc3c(-c3ccc4c(c3)C(C(B)(B)B)(C(B)(B)O)c3ccccc3-4)c3ccccc23)c2ccccc12. The predicted molar refractivity (Wildman–Crippen MR) is 282 cm³/mol. The monoisotopic (exact) mass is 780 g/mol. The van der Waals surface area contributed by atoms with Crippen LogP contribution in [0.25, 0.3) is 82.4 Å². The fourth-order valence-corrected chi connectivity index (χ4v) is 11.2. The van der Waals surface area contributed by atoms with Crippen LogP contribution < -0.4 is 0 Å². The lowest BCUT2D eigenvalue weighted by Gasteiger charge is -2.53. The first-order chi connectivity index (χ1) is 29.0. The molecule has 2 N–H and O–H groups in total. The first-order valence-corrected chi connectivity index (χ1v) is 21.6. The van der Waals surface area contributed by atoms with Crippen molar-refractivity contribution in [3.05, 3.63) is 169 Å². The van der Waals surface area contributed by atoms with Crippen molar-refractivity contribution in [3.8, 4) is 39.1 Å². The van der Waals surface area contributed by atoms with Crippen molar-refractivity contribution in [2.45, 2.75) is 26.5 Å². The van der Waals surface area contributed by atoms with E-state index in [0.717, 1.165) is 38.6 Å². The van der Waals surface area contributed by atoms with Crippen LogP contribution >= 0.6 is 0 Å². The summed E-state index contributed by atoms with van der Waals surface area (Å²) in [5.74, 6) is 0.622. The Labute approximate surface area is 366 Å². The second-order valence-corrected chi connectivity index (χ2v) is 20.0. The van der Waals surface area contributed by atoms with Crippen molar-refractivity contribution in [3.63, 3.8) is 0 Å². The van der Waals surface area contributed by atoms with E-state index >= 15 is 0 Å². The van der Waals surface area contributed by atoms with E-state index < -0.39 is 21.4 Å². The Morgan fingerprint density at radius 3 is 1.59 bits per heavy atom. The fourth-order valence-electron chi connectivity index (χ4n) is 11.2. The lowest BCUT2D eigenvalue weighted by atomic mass is 9.24. The van der Waals surface area contributed by atoms with Crippen LogP contribution in [0, 0.1) is 0 Å². The van der Waals surface area contributed by atoms with E-state index in [1.54, 1.807) is 0 Å². The van der Waals surface area contributed by atoms with E-state index in [2.05, 4.69) is 185 Å². The zero-order valence-corrected chi connectivity index (χ0v) is 36.7. The third-order valence-corrected chi connectivity index (χ3v) is 14.2. The van der Waals surface area contributed by atoms with Gasteiger partial charge in [0.05, 0.1) is 69.3 Å². The Morgan fingerprint density at radius 1 is 0.475 bits per heavy atom. The topological polar surface area (TPSA) is 58.3 Å². The third kappa shape index (κ3) is 5.55. The summed E-state index contributed by atoms with van der Waals surface area (Å²) in [6.07, 6.45) is 0. The first-order valence-electron chi connectivity index (χ1n) is 21.6. The van der Waals surface area contributed by atoms with E-state index in [4.69, 9.17) is 4.98 Å². The molecule has 9 aromatic rings. The summed E-state index contributed by atoms with van der Waals surface area (Å²) in [5, 5.41) is 29.6. The Kier molecular flexibility index (Phi) is 8.78. The lowest BCUT2D eigenvalue weighted by molar-refractivity contribution is 0.118. The standard InChI is InChI=1S/C48H45B9N2O2/c49-45(60,47(53,54)55)43-58-38-19-9-10-20-40(38)59(43)39-24-23-35(27-11-1-2-13-30(27)39)42-33-16-5-3-14-31(33)41(32-15-4-6-17-34(32)42)26-21-22-29-28-12-7-8-18-36(28)44(37(29)25-26,46(50,51)52)48(56,57)61/h1-25,60-61H,49-57H2. The van der Waals surface area contributed by atoms with Gasteiger partial charge in [-0.05, 0) is 95.7 Å². The number of aromatic nitrogens is 2. The molecule has 10 rings (SSSR count). The highest BCUT2D eigenvalue weighted by Gasteiger charge is 2.58. The van der Waals surface area contributed by atoms with E-state index in [1.807, 2.05) is 41.7 Å². The molecule has 1 aromatic heterocycles. The highest BCUT2D eigenvalue weighted by atomic mass is 16.3. The van der Waals surface area contributed by atoms with Crippen molar-refractivity contribution in [1.29, 1.82) is 0 Å². The molecule has 1 heterocycles. The van der Waals surface area contributed by atoms with Crippen LogP contribution in [0.1, 0.15) is 17.0 Å². The summed E-state index contributed by atoms with van der Waals surface area (Å²) in [4.78, 5) is 5.10. The maximum absolute atomic E-state index is 12.4. The largest absolute Gasteiger partial charge is 0.406 e. The normalized spacial score (nSPS) is 16.5. The molecule has 1 aliphatic carbocycles. The maximum Gasteiger partial charge on any atom is 0.150 e. The Balaban J connectivity index is 1.25. The Morgan fingerprint density at radius 2 is 0.984 bits per heavy atom. The van der Waals surface area contributed by atoms with Gasteiger partial charge in [0.1, 0.15) is 21.5 Å². The number of para-hydroxylation sites is 2. The minimum Gasteiger partial charge on any atom is -0.406 e. The molecular formula is C48H45B9N2O2. The summed E-state index contributed by atoms with van der Waals surface area (Å²) < 4.78 is 2.17. The molecule has 4 nitrogen and oxygen atoms in total. The molecule has 0 radical (unpaired) electrons. The van der Waals surface area contributed by atoms with Crippen LogP contribution in [0.3, 0.4) is 0 Å². The van der Waals surface area contributed by atoms with Crippen molar-refractivity contribution >= 4 is 114 Å². The minimum atomic E-state index is -1.23. The number of hydrogen-bond acceptors (Lipinski definition) is 3. The third-order valence-electron chi connectivity index (χ3n) is 14.2. The van der Waals surface area contributed by atoms with Crippen molar-refractivity contribution in [2.24, 2.45) is 0 Å². The number of imidazole rings is 1. The van der Waals surface area contributed by atoms with Crippen molar-refractivity contribution < 1.29 is 10.2 Å². The fraction of sp³-hybridized carbons (Fsp3) is 0.104. The first kappa shape index (κ1) is 39.6. The van der Waals surface area contributed by atoms with Crippen LogP contribution in [-0.4, -0.2) is 95.8 Å². The van der Waals surface area contributed by atoms with Gasteiger partial charge in [0.2, 0.25) is 0 Å². The summed E-state index contributed by atoms with van der Waals surface area (Å²) in [6.45, 7) is 0. The molecular weight excluding hydrogens is 734 g/mol. The van der Waals surface area contributed by atoms with E-state index in [-0.39, 0.29) is 5.11 Å². The Hall–Kier alpha value is -5.49.